The smallest absolute Gasteiger partial charge is 0.298 e. The van der Waals surface area contributed by atoms with E-state index in [9.17, 15) is 14.0 Å². The SMILES string of the molecule is Cc1ncnn1-c1cc(F)ccc1CNC(=O)c1nc2n(c(=O)c1OCc1ccccc1)CC1CCN2CC1. The van der Waals surface area contributed by atoms with Crippen LogP contribution in [0.15, 0.2) is 59.7 Å². The van der Waals surface area contributed by atoms with Crippen LogP contribution in [0.5, 0.6) is 5.75 Å². The van der Waals surface area contributed by atoms with Crippen LogP contribution >= 0.6 is 0 Å². The van der Waals surface area contributed by atoms with Gasteiger partial charge in [-0.1, -0.05) is 36.4 Å². The van der Waals surface area contributed by atoms with E-state index in [1.54, 1.807) is 17.6 Å². The summed E-state index contributed by atoms with van der Waals surface area (Å²) in [6.07, 6.45) is 3.33. The summed E-state index contributed by atoms with van der Waals surface area (Å²) in [7, 11) is 0. The Hall–Kier alpha value is -4.54. The fraction of sp³-hybridized carbons (Fsp3) is 0.321. The number of hydrogen-bond acceptors (Lipinski definition) is 7. The molecule has 3 aliphatic heterocycles. The van der Waals surface area contributed by atoms with E-state index in [2.05, 4.69) is 20.3 Å². The Kier molecular flexibility index (Phi) is 6.55. The van der Waals surface area contributed by atoms with Crippen LogP contribution in [0.2, 0.25) is 0 Å². The molecule has 200 valence electrons. The van der Waals surface area contributed by atoms with Gasteiger partial charge in [0.1, 0.15) is 24.6 Å². The second-order valence-electron chi connectivity index (χ2n) is 9.88. The van der Waals surface area contributed by atoms with Crippen molar-refractivity contribution in [2.24, 2.45) is 5.92 Å². The number of carbonyl (C=O) groups excluding carboxylic acids is 1. The van der Waals surface area contributed by atoms with Crippen LogP contribution in [0, 0.1) is 18.7 Å². The molecule has 2 aromatic heterocycles. The molecule has 2 bridgehead atoms. The van der Waals surface area contributed by atoms with E-state index in [0.29, 0.717) is 35.5 Å². The van der Waals surface area contributed by atoms with Gasteiger partial charge in [0.05, 0.1) is 5.69 Å². The zero-order chi connectivity index (χ0) is 26.9. The van der Waals surface area contributed by atoms with Gasteiger partial charge in [-0.15, -0.1) is 0 Å². The van der Waals surface area contributed by atoms with Crippen LogP contribution in [-0.2, 0) is 19.7 Å². The number of aromatic nitrogens is 5. The molecule has 7 rings (SSSR count). The van der Waals surface area contributed by atoms with Gasteiger partial charge in [0.15, 0.2) is 5.69 Å². The quantitative estimate of drug-likeness (QED) is 0.392. The third kappa shape index (κ3) is 4.87. The molecule has 0 spiro atoms. The number of nitrogens with one attached hydrogen (secondary N) is 1. The van der Waals surface area contributed by atoms with E-state index in [1.807, 2.05) is 30.3 Å². The Morgan fingerprint density at radius 2 is 1.95 bits per heavy atom. The van der Waals surface area contributed by atoms with E-state index < -0.39 is 11.7 Å². The topological polar surface area (TPSA) is 107 Å². The van der Waals surface area contributed by atoms with Crippen LogP contribution < -0.4 is 20.5 Å². The van der Waals surface area contributed by atoms with Gasteiger partial charge in [0.2, 0.25) is 11.7 Å². The Balaban J connectivity index is 1.34. The normalized spacial score (nSPS) is 14.7. The number of carbonyl (C=O) groups is 1. The van der Waals surface area contributed by atoms with E-state index in [-0.39, 0.29) is 30.2 Å². The summed E-state index contributed by atoms with van der Waals surface area (Å²) < 4.78 is 23.3. The predicted octanol–water partition coefficient (Wildman–Crippen LogP) is 3.01. The van der Waals surface area contributed by atoms with Gasteiger partial charge in [0.25, 0.3) is 11.5 Å². The maximum atomic E-state index is 14.1. The lowest BCUT2D eigenvalue weighted by atomic mass is 9.98. The van der Waals surface area contributed by atoms with Crippen molar-refractivity contribution in [2.45, 2.75) is 39.5 Å². The minimum absolute atomic E-state index is 0.0533. The van der Waals surface area contributed by atoms with Crippen molar-refractivity contribution in [3.8, 4) is 11.4 Å². The summed E-state index contributed by atoms with van der Waals surface area (Å²) in [5.74, 6) is 0.405. The largest absolute Gasteiger partial charge is 0.481 e. The number of rotatable bonds is 7. The molecule has 1 saturated heterocycles. The van der Waals surface area contributed by atoms with E-state index in [4.69, 9.17) is 9.72 Å². The molecule has 1 N–H and O–H groups in total. The standard InChI is InChI=1S/C28H28FN7O3/c1-18-31-17-32-36(18)23-13-22(29)8-7-21(23)14-30-26(37)24-25(39-16-20-5-3-2-4-6-20)27(38)35-15-19-9-11-34(12-10-19)28(35)33-24/h2-8,13,17,19H,9-12,14-16H2,1H3,(H,30,37). The number of piperidine rings is 1. The summed E-state index contributed by atoms with van der Waals surface area (Å²) in [5.41, 5.74) is 1.53. The molecule has 3 aliphatic rings. The number of hydrogen-bond donors (Lipinski definition) is 1. The number of aryl methyl sites for hydroxylation is 1. The lowest BCUT2D eigenvalue weighted by Crippen LogP contribution is -2.35. The van der Waals surface area contributed by atoms with E-state index >= 15 is 0 Å². The van der Waals surface area contributed by atoms with Crippen molar-refractivity contribution in [3.05, 3.63) is 93.7 Å². The summed E-state index contributed by atoms with van der Waals surface area (Å²) in [6, 6.07) is 13.7. The van der Waals surface area contributed by atoms with Gasteiger partial charge in [-0.3, -0.25) is 14.2 Å². The molecular formula is C28H28FN7O3. The first-order chi connectivity index (χ1) is 19.0. The minimum atomic E-state index is -0.552. The summed E-state index contributed by atoms with van der Waals surface area (Å²) in [6.45, 7) is 4.07. The molecule has 4 aromatic rings. The monoisotopic (exact) mass is 529 g/mol. The van der Waals surface area contributed by atoms with Crippen molar-refractivity contribution < 1.29 is 13.9 Å². The number of ether oxygens (including phenoxy) is 1. The zero-order valence-corrected chi connectivity index (χ0v) is 21.5. The first-order valence-corrected chi connectivity index (χ1v) is 13.0. The number of halogens is 1. The fourth-order valence-electron chi connectivity index (χ4n) is 5.20. The minimum Gasteiger partial charge on any atom is -0.481 e. The Bertz CT molecular complexity index is 1580. The molecule has 0 atom stereocenters. The van der Waals surface area contributed by atoms with Crippen LogP contribution in [0.4, 0.5) is 10.3 Å². The van der Waals surface area contributed by atoms with E-state index in [0.717, 1.165) is 31.5 Å². The highest BCUT2D eigenvalue weighted by Crippen LogP contribution is 2.30. The average molecular weight is 530 g/mol. The fourth-order valence-corrected chi connectivity index (χ4v) is 5.20. The van der Waals surface area contributed by atoms with Gasteiger partial charge < -0.3 is 15.0 Å². The van der Waals surface area contributed by atoms with Crippen LogP contribution in [0.3, 0.4) is 0 Å². The first kappa shape index (κ1) is 24.8. The molecule has 39 heavy (non-hydrogen) atoms. The van der Waals surface area contributed by atoms with Crippen molar-refractivity contribution in [3.63, 3.8) is 0 Å². The van der Waals surface area contributed by atoms with Crippen molar-refractivity contribution in [1.29, 1.82) is 0 Å². The van der Waals surface area contributed by atoms with E-state index in [1.165, 1.54) is 23.1 Å². The third-order valence-corrected chi connectivity index (χ3v) is 7.32. The maximum Gasteiger partial charge on any atom is 0.298 e. The summed E-state index contributed by atoms with van der Waals surface area (Å²) >= 11 is 0. The number of anilines is 1. The van der Waals surface area contributed by atoms with Crippen LogP contribution in [0.25, 0.3) is 5.69 Å². The second-order valence-corrected chi connectivity index (χ2v) is 9.88. The average Bonchev–Trinajstić information content (AvgIpc) is 3.20. The molecule has 1 fully saturated rings. The summed E-state index contributed by atoms with van der Waals surface area (Å²) in [4.78, 5) is 38.2. The van der Waals surface area contributed by atoms with Crippen molar-refractivity contribution >= 4 is 11.9 Å². The Labute approximate surface area is 224 Å². The van der Waals surface area contributed by atoms with Crippen LogP contribution in [-0.4, -0.2) is 43.3 Å². The predicted molar refractivity (Wildman–Crippen MR) is 141 cm³/mol. The van der Waals surface area contributed by atoms with Gasteiger partial charge in [0, 0.05) is 26.2 Å². The third-order valence-electron chi connectivity index (χ3n) is 7.32. The Morgan fingerprint density at radius 1 is 1.15 bits per heavy atom. The maximum absolute atomic E-state index is 14.1. The lowest BCUT2D eigenvalue weighted by Gasteiger charge is -2.27. The molecule has 11 heteroatoms. The van der Waals surface area contributed by atoms with Gasteiger partial charge in [-0.05, 0) is 48.9 Å². The molecule has 0 saturated carbocycles. The number of benzene rings is 2. The van der Waals surface area contributed by atoms with Crippen molar-refractivity contribution in [1.82, 2.24) is 29.6 Å². The number of nitrogens with zero attached hydrogens (tertiary/aromatic N) is 6. The Morgan fingerprint density at radius 3 is 2.69 bits per heavy atom. The lowest BCUT2D eigenvalue weighted by molar-refractivity contribution is 0.0940. The van der Waals surface area contributed by atoms with Crippen molar-refractivity contribution in [2.75, 3.05) is 18.0 Å². The van der Waals surface area contributed by atoms with Gasteiger partial charge in [-0.2, -0.15) is 5.10 Å². The molecule has 0 unspecified atom stereocenters. The number of amides is 1. The second kappa shape index (κ2) is 10.3. The molecular weight excluding hydrogens is 501 g/mol. The highest BCUT2D eigenvalue weighted by molar-refractivity contribution is 5.95. The van der Waals surface area contributed by atoms with Gasteiger partial charge in [-0.25, -0.2) is 19.0 Å². The van der Waals surface area contributed by atoms with Crippen LogP contribution in [0.1, 0.15) is 40.3 Å². The zero-order valence-electron chi connectivity index (χ0n) is 21.5. The highest BCUT2D eigenvalue weighted by atomic mass is 19.1. The molecule has 2 aromatic carbocycles. The van der Waals surface area contributed by atoms with Gasteiger partial charge >= 0.3 is 0 Å². The first-order valence-electron chi connectivity index (χ1n) is 13.0. The molecule has 1 amide bonds. The molecule has 0 aliphatic carbocycles. The highest BCUT2D eigenvalue weighted by Gasteiger charge is 2.32. The molecule has 5 heterocycles. The molecule has 10 nitrogen and oxygen atoms in total. The molecule has 0 radical (unpaired) electrons. The summed E-state index contributed by atoms with van der Waals surface area (Å²) in [5, 5.41) is 7.03. The number of fused-ring (bicyclic) bond motifs is 2.